The van der Waals surface area contributed by atoms with Crippen LogP contribution in [0.4, 0.5) is 0 Å². The van der Waals surface area contributed by atoms with Gasteiger partial charge >= 0.3 is 0 Å². The zero-order chi connectivity index (χ0) is 11.7. The first kappa shape index (κ1) is 11.7. The SMILES string of the molecule is CC(C)c1cc(CS)c2cc(Cl)ccc2n1. The first-order valence-electron chi connectivity index (χ1n) is 5.31. The lowest BCUT2D eigenvalue weighted by molar-refractivity contribution is 0.828. The highest BCUT2D eigenvalue weighted by Gasteiger charge is 2.07. The van der Waals surface area contributed by atoms with Gasteiger partial charge in [0.1, 0.15) is 0 Å². The molecule has 84 valence electrons. The lowest BCUT2D eigenvalue weighted by atomic mass is 10.0. The maximum Gasteiger partial charge on any atom is 0.0709 e. The number of aromatic nitrogens is 1. The number of benzene rings is 1. The molecule has 0 fully saturated rings. The van der Waals surface area contributed by atoms with Crippen LogP contribution < -0.4 is 0 Å². The number of hydrogen-bond acceptors (Lipinski definition) is 2. The van der Waals surface area contributed by atoms with Crippen LogP contribution in [0.5, 0.6) is 0 Å². The molecule has 1 aromatic heterocycles. The molecule has 0 spiro atoms. The molecule has 0 saturated heterocycles. The van der Waals surface area contributed by atoms with E-state index in [4.69, 9.17) is 11.6 Å². The van der Waals surface area contributed by atoms with E-state index in [2.05, 4.69) is 37.5 Å². The lowest BCUT2D eigenvalue weighted by Gasteiger charge is -2.10. The van der Waals surface area contributed by atoms with E-state index in [0.717, 1.165) is 21.6 Å². The third-order valence-electron chi connectivity index (χ3n) is 2.64. The van der Waals surface area contributed by atoms with Gasteiger partial charge in [-0.15, -0.1) is 0 Å². The molecule has 0 radical (unpaired) electrons. The summed E-state index contributed by atoms with van der Waals surface area (Å²) >= 11 is 10.4. The van der Waals surface area contributed by atoms with Crippen molar-refractivity contribution in [1.29, 1.82) is 0 Å². The van der Waals surface area contributed by atoms with Crippen molar-refractivity contribution in [3.8, 4) is 0 Å². The molecule has 0 aliphatic carbocycles. The van der Waals surface area contributed by atoms with Crippen molar-refractivity contribution in [2.75, 3.05) is 0 Å². The predicted octanol–water partition coefficient (Wildman–Crippen LogP) is 4.44. The zero-order valence-electron chi connectivity index (χ0n) is 9.37. The first-order valence-corrected chi connectivity index (χ1v) is 6.33. The van der Waals surface area contributed by atoms with E-state index in [-0.39, 0.29) is 0 Å². The maximum atomic E-state index is 6.00. The number of nitrogens with zero attached hydrogens (tertiary/aromatic N) is 1. The Balaban J connectivity index is 2.73. The standard InChI is InChI=1S/C13H14ClNS/c1-8(2)13-5-9(7-16)11-6-10(14)3-4-12(11)15-13/h3-6,8,16H,7H2,1-2H3. The summed E-state index contributed by atoms with van der Waals surface area (Å²) in [6.07, 6.45) is 0. The molecule has 2 aromatic rings. The van der Waals surface area contributed by atoms with Crippen LogP contribution in [-0.4, -0.2) is 4.98 Å². The van der Waals surface area contributed by atoms with Gasteiger partial charge in [-0.3, -0.25) is 4.98 Å². The third kappa shape index (κ3) is 2.18. The van der Waals surface area contributed by atoms with Gasteiger partial charge in [0.05, 0.1) is 5.52 Å². The van der Waals surface area contributed by atoms with Crippen LogP contribution in [-0.2, 0) is 5.75 Å². The molecule has 0 bridgehead atoms. The molecule has 0 atom stereocenters. The third-order valence-corrected chi connectivity index (χ3v) is 3.21. The highest BCUT2D eigenvalue weighted by molar-refractivity contribution is 7.79. The van der Waals surface area contributed by atoms with E-state index in [9.17, 15) is 0 Å². The Labute approximate surface area is 106 Å². The summed E-state index contributed by atoms with van der Waals surface area (Å²) in [5, 5.41) is 1.85. The molecule has 3 heteroatoms. The highest BCUT2D eigenvalue weighted by atomic mass is 35.5. The summed E-state index contributed by atoms with van der Waals surface area (Å²) in [6, 6.07) is 7.93. The van der Waals surface area contributed by atoms with Gasteiger partial charge in [0, 0.05) is 21.9 Å². The zero-order valence-corrected chi connectivity index (χ0v) is 11.0. The van der Waals surface area contributed by atoms with E-state index in [0.29, 0.717) is 11.7 Å². The molecule has 0 amide bonds. The predicted molar refractivity (Wildman–Crippen MR) is 73.5 cm³/mol. The summed E-state index contributed by atoms with van der Waals surface area (Å²) < 4.78 is 0. The van der Waals surface area contributed by atoms with Gasteiger partial charge in [0.15, 0.2) is 0 Å². The molecular weight excluding hydrogens is 238 g/mol. The van der Waals surface area contributed by atoms with Crippen molar-refractivity contribution in [2.45, 2.75) is 25.5 Å². The number of pyridine rings is 1. The normalized spacial score (nSPS) is 11.3. The van der Waals surface area contributed by atoms with Crippen molar-refractivity contribution >= 4 is 35.1 Å². The molecule has 0 N–H and O–H groups in total. The van der Waals surface area contributed by atoms with Gasteiger partial charge in [-0.2, -0.15) is 12.6 Å². The number of rotatable bonds is 2. The largest absolute Gasteiger partial charge is 0.253 e. The van der Waals surface area contributed by atoms with E-state index in [1.54, 1.807) is 0 Å². The highest BCUT2D eigenvalue weighted by Crippen LogP contribution is 2.26. The minimum absolute atomic E-state index is 0.429. The van der Waals surface area contributed by atoms with E-state index in [1.807, 2.05) is 18.2 Å². The first-order chi connectivity index (χ1) is 7.61. The smallest absolute Gasteiger partial charge is 0.0709 e. The van der Waals surface area contributed by atoms with Crippen LogP contribution in [0, 0.1) is 0 Å². The molecule has 0 aliphatic rings. The van der Waals surface area contributed by atoms with Crippen LogP contribution in [0.25, 0.3) is 10.9 Å². The van der Waals surface area contributed by atoms with E-state index in [1.165, 1.54) is 5.56 Å². The van der Waals surface area contributed by atoms with Gasteiger partial charge in [0.25, 0.3) is 0 Å². The number of fused-ring (bicyclic) bond motifs is 1. The van der Waals surface area contributed by atoms with Crippen molar-refractivity contribution in [3.63, 3.8) is 0 Å². The van der Waals surface area contributed by atoms with Gasteiger partial charge in [-0.25, -0.2) is 0 Å². The molecule has 2 rings (SSSR count). The Hall–Kier alpha value is -0.730. The topological polar surface area (TPSA) is 12.9 Å². The summed E-state index contributed by atoms with van der Waals surface area (Å²) in [5.41, 5.74) is 3.30. The van der Waals surface area contributed by atoms with Crippen LogP contribution in [0.3, 0.4) is 0 Å². The summed E-state index contributed by atoms with van der Waals surface area (Å²) in [5.74, 6) is 1.14. The Morgan fingerprint density at radius 1 is 1.31 bits per heavy atom. The fourth-order valence-electron chi connectivity index (χ4n) is 1.72. The minimum atomic E-state index is 0.429. The quantitative estimate of drug-likeness (QED) is 0.779. The second kappa shape index (κ2) is 4.64. The molecule has 0 unspecified atom stereocenters. The van der Waals surface area contributed by atoms with Crippen LogP contribution in [0.15, 0.2) is 24.3 Å². The summed E-state index contributed by atoms with van der Waals surface area (Å²) in [4.78, 5) is 4.63. The maximum absolute atomic E-state index is 6.00. The fraction of sp³-hybridized carbons (Fsp3) is 0.308. The second-order valence-electron chi connectivity index (χ2n) is 4.18. The van der Waals surface area contributed by atoms with Crippen LogP contribution in [0.1, 0.15) is 31.0 Å². The van der Waals surface area contributed by atoms with Crippen molar-refractivity contribution in [2.24, 2.45) is 0 Å². The Kier molecular flexibility index (Phi) is 3.41. The number of halogens is 1. The second-order valence-corrected chi connectivity index (χ2v) is 4.93. The average molecular weight is 252 g/mol. The molecule has 16 heavy (non-hydrogen) atoms. The Morgan fingerprint density at radius 2 is 2.06 bits per heavy atom. The fourth-order valence-corrected chi connectivity index (χ4v) is 2.15. The number of hydrogen-bond donors (Lipinski definition) is 1. The summed E-state index contributed by atoms with van der Waals surface area (Å²) in [6.45, 7) is 4.29. The molecular formula is C13H14ClNS. The summed E-state index contributed by atoms with van der Waals surface area (Å²) in [7, 11) is 0. The van der Waals surface area contributed by atoms with E-state index < -0.39 is 0 Å². The van der Waals surface area contributed by atoms with Gasteiger partial charge in [-0.05, 0) is 35.7 Å². The van der Waals surface area contributed by atoms with Gasteiger partial charge in [0.2, 0.25) is 0 Å². The molecule has 1 heterocycles. The lowest BCUT2D eigenvalue weighted by Crippen LogP contribution is -1.96. The Bertz CT molecular complexity index is 523. The van der Waals surface area contributed by atoms with Gasteiger partial charge in [-0.1, -0.05) is 25.4 Å². The molecule has 0 aliphatic heterocycles. The molecule has 1 nitrogen and oxygen atoms in total. The minimum Gasteiger partial charge on any atom is -0.253 e. The van der Waals surface area contributed by atoms with Gasteiger partial charge < -0.3 is 0 Å². The Morgan fingerprint density at radius 3 is 2.69 bits per heavy atom. The van der Waals surface area contributed by atoms with Crippen LogP contribution in [0.2, 0.25) is 5.02 Å². The van der Waals surface area contributed by atoms with Crippen molar-refractivity contribution in [3.05, 3.63) is 40.5 Å². The van der Waals surface area contributed by atoms with E-state index >= 15 is 0 Å². The van der Waals surface area contributed by atoms with Crippen LogP contribution >= 0.6 is 24.2 Å². The monoisotopic (exact) mass is 251 g/mol. The van der Waals surface area contributed by atoms with Crippen molar-refractivity contribution < 1.29 is 0 Å². The number of thiol groups is 1. The molecule has 0 saturated carbocycles. The van der Waals surface area contributed by atoms with Crippen molar-refractivity contribution in [1.82, 2.24) is 4.98 Å². The average Bonchev–Trinajstić information content (AvgIpc) is 2.27. The molecule has 1 aromatic carbocycles.